The van der Waals surface area contributed by atoms with Crippen molar-refractivity contribution in [1.82, 2.24) is 9.88 Å². The number of aromatic nitrogens is 1. The first-order valence-electron chi connectivity index (χ1n) is 8.97. The van der Waals surface area contributed by atoms with Gasteiger partial charge in [0, 0.05) is 49.1 Å². The highest BCUT2D eigenvalue weighted by Crippen LogP contribution is 2.27. The van der Waals surface area contributed by atoms with Crippen molar-refractivity contribution in [3.63, 3.8) is 0 Å². The summed E-state index contributed by atoms with van der Waals surface area (Å²) in [6.45, 7) is 12.1. The summed E-state index contributed by atoms with van der Waals surface area (Å²) in [7, 11) is 0. The lowest BCUT2D eigenvalue weighted by molar-refractivity contribution is 0.101. The second kappa shape index (κ2) is 7.45. The van der Waals surface area contributed by atoms with E-state index in [1.165, 1.54) is 18.0 Å². The second-order valence-electron chi connectivity index (χ2n) is 7.88. The highest BCUT2D eigenvalue weighted by Gasteiger charge is 2.22. The summed E-state index contributed by atoms with van der Waals surface area (Å²) < 4.78 is 14.3. The molecule has 26 heavy (non-hydrogen) atoms. The number of halogens is 1. The van der Waals surface area contributed by atoms with E-state index in [0.29, 0.717) is 11.3 Å². The largest absolute Gasteiger partial charge is 0.367 e. The second-order valence-corrected chi connectivity index (χ2v) is 8.74. The molecular formula is C20H26FN3OS. The number of Topliss-reactive ketones (excluding diaryl/α,β-unsaturated/α-hetero) is 1. The maximum Gasteiger partial charge on any atom is 0.159 e. The van der Waals surface area contributed by atoms with Crippen molar-refractivity contribution in [3.8, 4) is 0 Å². The summed E-state index contributed by atoms with van der Waals surface area (Å²) in [5.41, 5.74) is 2.21. The third kappa shape index (κ3) is 4.30. The van der Waals surface area contributed by atoms with E-state index >= 15 is 0 Å². The molecule has 1 aliphatic heterocycles. The smallest absolute Gasteiger partial charge is 0.159 e. The van der Waals surface area contributed by atoms with Crippen LogP contribution in [-0.4, -0.2) is 41.8 Å². The van der Waals surface area contributed by atoms with Crippen LogP contribution in [0.2, 0.25) is 0 Å². The van der Waals surface area contributed by atoms with Crippen LogP contribution in [0.5, 0.6) is 0 Å². The topological polar surface area (TPSA) is 36.4 Å². The molecule has 0 bridgehead atoms. The molecule has 0 radical (unpaired) electrons. The van der Waals surface area contributed by atoms with Crippen LogP contribution in [0.4, 0.5) is 10.1 Å². The first-order valence-corrected chi connectivity index (χ1v) is 9.84. The van der Waals surface area contributed by atoms with Crippen LogP contribution >= 0.6 is 11.3 Å². The Morgan fingerprint density at radius 2 is 1.92 bits per heavy atom. The average molecular weight is 376 g/mol. The Morgan fingerprint density at radius 1 is 1.23 bits per heavy atom. The third-order valence-electron chi connectivity index (χ3n) is 4.65. The Labute approximate surface area is 158 Å². The van der Waals surface area contributed by atoms with Gasteiger partial charge in [-0.1, -0.05) is 20.8 Å². The monoisotopic (exact) mass is 375 g/mol. The lowest BCUT2D eigenvalue weighted by Gasteiger charge is -2.36. The molecule has 1 fully saturated rings. The zero-order chi connectivity index (χ0) is 18.9. The van der Waals surface area contributed by atoms with Crippen LogP contribution in [0.25, 0.3) is 0 Å². The summed E-state index contributed by atoms with van der Waals surface area (Å²) in [5, 5.41) is 3.31. The van der Waals surface area contributed by atoms with E-state index in [0.717, 1.165) is 38.4 Å². The SMILES string of the molecule is CC(=O)c1ccc(N2CCN(Cc3csc(C(C)(C)C)n3)CC2)c(F)c1. The first-order chi connectivity index (χ1) is 12.2. The van der Waals surface area contributed by atoms with Gasteiger partial charge in [0.1, 0.15) is 5.82 Å². The van der Waals surface area contributed by atoms with E-state index in [-0.39, 0.29) is 17.0 Å². The van der Waals surface area contributed by atoms with Gasteiger partial charge in [0.2, 0.25) is 0 Å². The molecule has 6 heteroatoms. The van der Waals surface area contributed by atoms with Crippen LogP contribution < -0.4 is 4.90 Å². The molecule has 1 aromatic carbocycles. The highest BCUT2D eigenvalue weighted by molar-refractivity contribution is 7.09. The summed E-state index contributed by atoms with van der Waals surface area (Å²) in [6, 6.07) is 4.77. The molecular weight excluding hydrogens is 349 g/mol. The number of hydrogen-bond acceptors (Lipinski definition) is 5. The minimum Gasteiger partial charge on any atom is -0.367 e. The van der Waals surface area contributed by atoms with Gasteiger partial charge in [-0.2, -0.15) is 0 Å². The van der Waals surface area contributed by atoms with Crippen molar-refractivity contribution in [2.75, 3.05) is 31.1 Å². The van der Waals surface area contributed by atoms with Crippen molar-refractivity contribution in [3.05, 3.63) is 45.7 Å². The Morgan fingerprint density at radius 3 is 2.46 bits per heavy atom. The number of carbonyl (C=O) groups is 1. The van der Waals surface area contributed by atoms with E-state index < -0.39 is 0 Å². The Bertz CT molecular complexity index is 789. The summed E-state index contributed by atoms with van der Waals surface area (Å²) in [5.74, 6) is -0.432. The Hall–Kier alpha value is -1.79. The zero-order valence-electron chi connectivity index (χ0n) is 15.9. The number of hydrogen-bond donors (Lipinski definition) is 0. The fourth-order valence-corrected chi connectivity index (χ4v) is 3.98. The van der Waals surface area contributed by atoms with Crippen molar-refractivity contribution < 1.29 is 9.18 Å². The minimum atomic E-state index is -0.319. The van der Waals surface area contributed by atoms with Crippen LogP contribution in [0.3, 0.4) is 0 Å². The Kier molecular flexibility index (Phi) is 5.44. The van der Waals surface area contributed by atoms with E-state index in [9.17, 15) is 9.18 Å². The van der Waals surface area contributed by atoms with Gasteiger partial charge in [-0.05, 0) is 25.1 Å². The molecule has 1 saturated heterocycles. The molecule has 140 valence electrons. The van der Waals surface area contributed by atoms with Gasteiger partial charge in [0.05, 0.1) is 16.4 Å². The number of anilines is 1. The van der Waals surface area contributed by atoms with Gasteiger partial charge in [0.25, 0.3) is 0 Å². The normalized spacial score (nSPS) is 16.1. The van der Waals surface area contributed by atoms with Gasteiger partial charge in [-0.3, -0.25) is 9.69 Å². The van der Waals surface area contributed by atoms with Crippen LogP contribution in [0, 0.1) is 5.82 Å². The van der Waals surface area contributed by atoms with Crippen molar-refractivity contribution >= 4 is 22.8 Å². The number of ketones is 1. The van der Waals surface area contributed by atoms with E-state index in [2.05, 4.69) is 36.0 Å². The maximum atomic E-state index is 14.3. The number of rotatable bonds is 4. The van der Waals surface area contributed by atoms with Gasteiger partial charge in [-0.15, -0.1) is 11.3 Å². The van der Waals surface area contributed by atoms with Gasteiger partial charge < -0.3 is 4.90 Å². The molecule has 0 amide bonds. The lowest BCUT2D eigenvalue weighted by atomic mass is 9.98. The van der Waals surface area contributed by atoms with Crippen LogP contribution in [-0.2, 0) is 12.0 Å². The molecule has 0 aliphatic carbocycles. The number of benzene rings is 1. The Balaban J connectivity index is 1.59. The molecule has 2 heterocycles. The first kappa shape index (κ1) is 19.0. The zero-order valence-corrected chi connectivity index (χ0v) is 16.7. The molecule has 0 unspecified atom stereocenters. The van der Waals surface area contributed by atoms with Crippen molar-refractivity contribution in [2.24, 2.45) is 0 Å². The van der Waals surface area contributed by atoms with E-state index in [1.807, 2.05) is 0 Å². The minimum absolute atomic E-state index is 0.0885. The number of nitrogens with zero attached hydrogens (tertiary/aromatic N) is 3. The van der Waals surface area contributed by atoms with Crippen molar-refractivity contribution in [1.29, 1.82) is 0 Å². The average Bonchev–Trinajstić information content (AvgIpc) is 3.04. The number of piperazine rings is 1. The molecule has 0 atom stereocenters. The predicted octanol–water partition coefficient (Wildman–Crippen LogP) is 4.10. The predicted molar refractivity (Wildman–Crippen MR) is 105 cm³/mol. The highest BCUT2D eigenvalue weighted by atomic mass is 32.1. The van der Waals surface area contributed by atoms with Gasteiger partial charge >= 0.3 is 0 Å². The fraction of sp³-hybridized carbons (Fsp3) is 0.500. The lowest BCUT2D eigenvalue weighted by Crippen LogP contribution is -2.46. The molecule has 1 aliphatic rings. The standard InChI is InChI=1S/C20H26FN3OS/c1-14(25)15-5-6-18(17(21)11-15)24-9-7-23(8-10-24)12-16-13-26-19(22-16)20(2,3)4/h5-6,11,13H,7-10,12H2,1-4H3. The molecule has 0 saturated carbocycles. The summed E-state index contributed by atoms with van der Waals surface area (Å²) >= 11 is 1.72. The van der Waals surface area contributed by atoms with E-state index in [4.69, 9.17) is 4.98 Å². The number of thiazole rings is 1. The molecule has 4 nitrogen and oxygen atoms in total. The maximum absolute atomic E-state index is 14.3. The molecule has 0 spiro atoms. The molecule has 3 rings (SSSR count). The van der Waals surface area contributed by atoms with Gasteiger partial charge in [-0.25, -0.2) is 9.37 Å². The van der Waals surface area contributed by atoms with Gasteiger partial charge in [0.15, 0.2) is 5.78 Å². The molecule has 2 aromatic rings. The van der Waals surface area contributed by atoms with Crippen molar-refractivity contribution in [2.45, 2.75) is 39.7 Å². The summed E-state index contributed by atoms with van der Waals surface area (Å²) in [6.07, 6.45) is 0. The third-order valence-corrected chi connectivity index (χ3v) is 5.96. The quantitative estimate of drug-likeness (QED) is 0.754. The van der Waals surface area contributed by atoms with Crippen LogP contribution in [0.15, 0.2) is 23.6 Å². The van der Waals surface area contributed by atoms with E-state index in [1.54, 1.807) is 23.5 Å². The summed E-state index contributed by atoms with van der Waals surface area (Å²) in [4.78, 5) is 20.6. The molecule has 1 aromatic heterocycles. The fourth-order valence-electron chi connectivity index (χ4n) is 3.08. The molecule has 0 N–H and O–H groups in total. The number of carbonyl (C=O) groups excluding carboxylic acids is 1. The van der Waals surface area contributed by atoms with Crippen LogP contribution in [0.1, 0.15) is 48.8 Å².